The molecule has 1 aliphatic heterocycles. The van der Waals surface area contributed by atoms with Gasteiger partial charge in [-0.2, -0.15) is 0 Å². The fraction of sp³-hybridized carbons (Fsp3) is 0.222. The first-order valence-corrected chi connectivity index (χ1v) is 13.6. The Balaban J connectivity index is 1.69. The van der Waals surface area contributed by atoms with E-state index in [2.05, 4.69) is 10.6 Å². The van der Waals surface area contributed by atoms with E-state index >= 15 is 0 Å². The zero-order chi connectivity index (χ0) is 27.6. The summed E-state index contributed by atoms with van der Waals surface area (Å²) in [5, 5.41) is 15.2. The topological polar surface area (TPSA) is 133 Å². The van der Waals surface area contributed by atoms with Crippen LogP contribution in [0.5, 0.6) is 0 Å². The fourth-order valence-electron chi connectivity index (χ4n) is 4.35. The number of anilines is 2. The van der Waals surface area contributed by atoms with Crippen LogP contribution in [-0.2, 0) is 30.8 Å². The smallest absolute Gasteiger partial charge is 0.326 e. The van der Waals surface area contributed by atoms with Crippen molar-refractivity contribution in [1.29, 1.82) is 0 Å². The number of hydrogen-bond acceptors (Lipinski definition) is 5. The summed E-state index contributed by atoms with van der Waals surface area (Å²) in [5.74, 6) is -2.74. The van der Waals surface area contributed by atoms with Crippen molar-refractivity contribution in [2.45, 2.75) is 43.7 Å². The number of carbonyl (C=O) groups excluding carboxylic acids is 2. The summed E-state index contributed by atoms with van der Waals surface area (Å²) in [6.07, 6.45) is -0.573. The summed E-state index contributed by atoms with van der Waals surface area (Å²) in [6, 6.07) is 15.4. The van der Waals surface area contributed by atoms with E-state index in [0.29, 0.717) is 21.7 Å². The maximum absolute atomic E-state index is 14.0. The molecule has 2 amide bonds. The molecule has 0 radical (unpaired) electrons. The molecule has 2 atom stereocenters. The van der Waals surface area contributed by atoms with E-state index in [1.165, 1.54) is 18.2 Å². The first-order valence-electron chi connectivity index (χ1n) is 11.8. The largest absolute Gasteiger partial charge is 0.480 e. The number of sulfonamides is 1. The molecule has 0 unspecified atom stereocenters. The maximum Gasteiger partial charge on any atom is 0.326 e. The molecular formula is C27H26ClN3O6S. The Hall–Kier alpha value is -3.89. The van der Waals surface area contributed by atoms with Crippen molar-refractivity contribution < 1.29 is 27.9 Å². The number of amides is 2. The van der Waals surface area contributed by atoms with Crippen molar-refractivity contribution in [2.24, 2.45) is 0 Å². The molecule has 4 rings (SSSR count). The minimum Gasteiger partial charge on any atom is -0.480 e. The molecule has 38 heavy (non-hydrogen) atoms. The Morgan fingerprint density at radius 1 is 1.05 bits per heavy atom. The molecule has 0 aromatic heterocycles. The highest BCUT2D eigenvalue weighted by Crippen LogP contribution is 2.38. The van der Waals surface area contributed by atoms with E-state index in [0.717, 1.165) is 4.31 Å². The van der Waals surface area contributed by atoms with Crippen LogP contribution < -0.4 is 14.9 Å². The molecule has 0 fully saturated rings. The van der Waals surface area contributed by atoms with Crippen LogP contribution >= 0.6 is 11.6 Å². The van der Waals surface area contributed by atoms with E-state index in [-0.39, 0.29) is 22.7 Å². The Bertz CT molecular complexity index is 1510. The molecule has 0 spiro atoms. The number of aryl methyl sites for hydroxylation is 2. The van der Waals surface area contributed by atoms with Gasteiger partial charge in [-0.05, 0) is 54.8 Å². The second-order valence-electron chi connectivity index (χ2n) is 9.04. The molecule has 198 valence electrons. The van der Waals surface area contributed by atoms with Crippen molar-refractivity contribution in [3.05, 3.63) is 88.4 Å². The summed E-state index contributed by atoms with van der Waals surface area (Å²) in [5.41, 5.74) is 2.07. The van der Waals surface area contributed by atoms with Gasteiger partial charge in [0.15, 0.2) is 0 Å². The number of nitrogens with one attached hydrogen (secondary N) is 2. The lowest BCUT2D eigenvalue weighted by Gasteiger charge is -2.37. The van der Waals surface area contributed by atoms with Crippen LogP contribution in [0.2, 0.25) is 5.02 Å². The lowest BCUT2D eigenvalue weighted by atomic mass is 10.0. The second kappa shape index (κ2) is 10.8. The lowest BCUT2D eigenvalue weighted by molar-refractivity contribution is -0.141. The van der Waals surface area contributed by atoms with Crippen LogP contribution in [0.1, 0.15) is 23.1 Å². The van der Waals surface area contributed by atoms with Gasteiger partial charge >= 0.3 is 5.97 Å². The number of para-hydroxylation sites is 2. The maximum atomic E-state index is 14.0. The first kappa shape index (κ1) is 27.2. The van der Waals surface area contributed by atoms with E-state index in [1.807, 2.05) is 0 Å². The Morgan fingerprint density at radius 3 is 2.39 bits per heavy atom. The van der Waals surface area contributed by atoms with Gasteiger partial charge in [0.2, 0.25) is 11.8 Å². The number of aliphatic carboxylic acids is 1. The molecule has 3 aromatic rings. The van der Waals surface area contributed by atoms with Gasteiger partial charge in [-0.1, -0.05) is 54.1 Å². The average Bonchev–Trinajstić information content (AvgIpc) is 2.86. The SMILES string of the molecule is Cc1cc(S(=O)(=O)N2c3ccccc3NC(=O)[C@H]2CC(=O)N[C@H](Cc2ccccc2)C(=O)O)c(C)cc1Cl. The predicted octanol–water partition coefficient (Wildman–Crippen LogP) is 3.68. The molecule has 3 N–H and O–H groups in total. The lowest BCUT2D eigenvalue weighted by Crippen LogP contribution is -2.54. The molecule has 1 aliphatic rings. The predicted molar refractivity (Wildman–Crippen MR) is 144 cm³/mol. The Kier molecular flexibility index (Phi) is 7.75. The third-order valence-corrected chi connectivity index (χ3v) is 8.64. The van der Waals surface area contributed by atoms with Crippen LogP contribution in [0.3, 0.4) is 0 Å². The summed E-state index contributed by atoms with van der Waals surface area (Å²) in [6.45, 7) is 3.26. The van der Waals surface area contributed by atoms with Crippen LogP contribution in [0, 0.1) is 13.8 Å². The van der Waals surface area contributed by atoms with E-state index in [4.69, 9.17) is 11.6 Å². The third kappa shape index (κ3) is 5.51. The number of benzene rings is 3. The minimum atomic E-state index is -4.35. The second-order valence-corrected chi connectivity index (χ2v) is 11.2. The van der Waals surface area contributed by atoms with Crippen molar-refractivity contribution in [1.82, 2.24) is 5.32 Å². The van der Waals surface area contributed by atoms with Crippen molar-refractivity contribution in [3.8, 4) is 0 Å². The van der Waals surface area contributed by atoms with E-state index < -0.39 is 46.3 Å². The number of carboxylic acids is 1. The fourth-order valence-corrected chi connectivity index (χ4v) is 6.50. The summed E-state index contributed by atoms with van der Waals surface area (Å²) >= 11 is 6.18. The molecular weight excluding hydrogens is 530 g/mol. The van der Waals surface area contributed by atoms with Crippen LogP contribution in [0.25, 0.3) is 0 Å². The summed E-state index contributed by atoms with van der Waals surface area (Å²) in [4.78, 5) is 38.0. The first-order chi connectivity index (χ1) is 18.0. The number of rotatable bonds is 8. The number of hydrogen-bond donors (Lipinski definition) is 3. The zero-order valence-electron chi connectivity index (χ0n) is 20.6. The summed E-state index contributed by atoms with van der Waals surface area (Å²) < 4.78 is 29.0. The molecule has 3 aromatic carbocycles. The highest BCUT2D eigenvalue weighted by Gasteiger charge is 2.43. The standard InChI is InChI=1S/C27H26ClN3O6S/c1-16-13-24(17(2)12-19(16)28)38(36,37)31-22-11-7-6-10-20(22)30-26(33)23(31)15-25(32)29-21(27(34)35)14-18-8-4-3-5-9-18/h3-13,21,23H,14-15H2,1-2H3,(H,29,32)(H,30,33)(H,34,35)/t21-,23-/m1/s1. The van der Waals surface area contributed by atoms with Gasteiger partial charge in [0.25, 0.3) is 10.0 Å². The quantitative estimate of drug-likeness (QED) is 0.388. The molecule has 0 bridgehead atoms. The normalized spacial score (nSPS) is 15.8. The average molecular weight is 556 g/mol. The number of halogens is 1. The highest BCUT2D eigenvalue weighted by molar-refractivity contribution is 7.93. The molecule has 0 saturated carbocycles. The number of nitrogens with zero attached hydrogens (tertiary/aromatic N) is 1. The molecule has 11 heteroatoms. The minimum absolute atomic E-state index is 0.0207. The van der Waals surface area contributed by atoms with Crippen LogP contribution in [-0.4, -0.2) is 43.4 Å². The Labute approximate surface area is 225 Å². The van der Waals surface area contributed by atoms with Crippen molar-refractivity contribution in [2.75, 3.05) is 9.62 Å². The van der Waals surface area contributed by atoms with Gasteiger partial charge in [0.05, 0.1) is 22.7 Å². The van der Waals surface area contributed by atoms with Gasteiger partial charge in [0, 0.05) is 11.4 Å². The summed E-state index contributed by atoms with van der Waals surface area (Å²) in [7, 11) is -4.35. The zero-order valence-corrected chi connectivity index (χ0v) is 22.2. The molecule has 0 aliphatic carbocycles. The van der Waals surface area contributed by atoms with E-state index in [1.54, 1.807) is 62.4 Å². The highest BCUT2D eigenvalue weighted by atomic mass is 35.5. The van der Waals surface area contributed by atoms with Gasteiger partial charge < -0.3 is 15.7 Å². The van der Waals surface area contributed by atoms with Crippen LogP contribution in [0.4, 0.5) is 11.4 Å². The van der Waals surface area contributed by atoms with Crippen LogP contribution in [0.15, 0.2) is 71.6 Å². The number of fused-ring (bicyclic) bond motifs is 1. The van der Waals surface area contributed by atoms with Gasteiger partial charge in [-0.25, -0.2) is 13.2 Å². The molecule has 9 nitrogen and oxygen atoms in total. The molecule has 0 saturated heterocycles. The number of carboxylic acid groups (broad SMARTS) is 1. The van der Waals surface area contributed by atoms with Crippen molar-refractivity contribution in [3.63, 3.8) is 0 Å². The van der Waals surface area contributed by atoms with Crippen molar-refractivity contribution >= 4 is 50.8 Å². The Morgan fingerprint density at radius 2 is 1.71 bits per heavy atom. The molecule has 1 heterocycles. The van der Waals surface area contributed by atoms with Gasteiger partial charge in [-0.15, -0.1) is 0 Å². The van der Waals surface area contributed by atoms with E-state index in [9.17, 15) is 27.9 Å². The van der Waals surface area contributed by atoms with Gasteiger partial charge in [-0.3, -0.25) is 13.9 Å². The monoisotopic (exact) mass is 555 g/mol. The number of carbonyl (C=O) groups is 3. The van der Waals surface area contributed by atoms with Gasteiger partial charge in [0.1, 0.15) is 12.1 Å². The third-order valence-electron chi connectivity index (χ3n) is 6.27.